The summed E-state index contributed by atoms with van der Waals surface area (Å²) < 4.78 is 63.1. The summed E-state index contributed by atoms with van der Waals surface area (Å²) in [5, 5.41) is 0. The minimum Gasteiger partial charge on any atom is -0.208 e. The molecule has 0 heterocycles. The van der Waals surface area contributed by atoms with Gasteiger partial charge in [-0.15, -0.1) is 0 Å². The van der Waals surface area contributed by atoms with E-state index in [9.17, 15) is 21.6 Å². The first-order valence-electron chi connectivity index (χ1n) is 6.06. The van der Waals surface area contributed by atoms with E-state index in [0.717, 1.165) is 12.1 Å². The van der Waals surface area contributed by atoms with E-state index in [-0.39, 0.29) is 27.6 Å². The molecule has 0 aliphatic rings. The Morgan fingerprint density at radius 1 is 1.15 bits per heavy atom. The second-order valence-electron chi connectivity index (χ2n) is 4.15. The minimum atomic E-state index is -4.38. The van der Waals surface area contributed by atoms with E-state index in [4.69, 9.17) is 0 Å². The second kappa shape index (κ2) is 6.82. The minimum absolute atomic E-state index is 0.0316. The average molecular weight is 327 g/mol. The van der Waals surface area contributed by atoms with Crippen molar-refractivity contribution in [2.24, 2.45) is 0 Å². The molecule has 20 heavy (non-hydrogen) atoms. The van der Waals surface area contributed by atoms with Crippen LogP contribution in [0.5, 0.6) is 0 Å². The molecule has 0 atom stereocenters. The first kappa shape index (κ1) is 17.3. The van der Waals surface area contributed by atoms with Crippen LogP contribution in [-0.4, -0.2) is 20.0 Å². The first-order valence-corrected chi connectivity index (χ1v) is 8.36. The lowest BCUT2D eigenvalue weighted by Gasteiger charge is -2.15. The topological polar surface area (TPSA) is 46.2 Å². The maximum Gasteiger partial charge on any atom is 0.446 e. The Hall–Kier alpha value is -0.730. The number of hydrogen-bond donors (Lipinski definition) is 1. The van der Waals surface area contributed by atoms with Crippen LogP contribution < -0.4 is 4.72 Å². The maximum atomic E-state index is 12.2. The van der Waals surface area contributed by atoms with E-state index in [1.165, 1.54) is 12.1 Å². The van der Waals surface area contributed by atoms with E-state index in [2.05, 4.69) is 4.72 Å². The molecular formula is C12H16F3NO2S2. The molecule has 0 aromatic heterocycles. The van der Waals surface area contributed by atoms with Crippen LogP contribution in [0.15, 0.2) is 34.1 Å². The third-order valence-electron chi connectivity index (χ3n) is 2.68. The Labute approximate surface area is 121 Å². The molecule has 0 spiro atoms. The van der Waals surface area contributed by atoms with Crippen LogP contribution in [0.1, 0.15) is 26.7 Å². The van der Waals surface area contributed by atoms with Gasteiger partial charge in [0.1, 0.15) is 0 Å². The van der Waals surface area contributed by atoms with Gasteiger partial charge in [0, 0.05) is 10.9 Å². The molecule has 0 amide bonds. The molecule has 0 saturated heterocycles. The number of hydrogen-bond acceptors (Lipinski definition) is 3. The Kier molecular flexibility index (Phi) is 5.91. The summed E-state index contributed by atoms with van der Waals surface area (Å²) in [6.07, 6.45) is 1.30. The molecule has 3 nitrogen and oxygen atoms in total. The van der Waals surface area contributed by atoms with E-state index in [1.54, 1.807) is 0 Å². The zero-order valence-electron chi connectivity index (χ0n) is 11.1. The van der Waals surface area contributed by atoms with Crippen molar-refractivity contribution in [1.29, 1.82) is 0 Å². The molecule has 114 valence electrons. The van der Waals surface area contributed by atoms with Crippen molar-refractivity contribution >= 4 is 21.8 Å². The van der Waals surface area contributed by atoms with E-state index < -0.39 is 15.5 Å². The lowest BCUT2D eigenvalue weighted by atomic mass is 10.2. The number of sulfonamides is 1. The third kappa shape index (κ3) is 5.34. The number of halogens is 3. The SMILES string of the molecule is CCC(CC)NS(=O)(=O)c1ccc(SC(F)(F)F)cc1. The van der Waals surface area contributed by atoms with Crippen molar-refractivity contribution in [3.05, 3.63) is 24.3 Å². The van der Waals surface area contributed by atoms with Crippen molar-refractivity contribution < 1.29 is 21.6 Å². The predicted molar refractivity (Wildman–Crippen MR) is 73.0 cm³/mol. The van der Waals surface area contributed by atoms with Crippen molar-refractivity contribution in [2.75, 3.05) is 0 Å². The van der Waals surface area contributed by atoms with Gasteiger partial charge in [-0.3, -0.25) is 0 Å². The van der Waals surface area contributed by atoms with Gasteiger partial charge in [0.25, 0.3) is 0 Å². The number of thioether (sulfide) groups is 1. The lowest BCUT2D eigenvalue weighted by Crippen LogP contribution is -2.33. The van der Waals surface area contributed by atoms with E-state index >= 15 is 0 Å². The summed E-state index contributed by atoms with van der Waals surface area (Å²) >= 11 is -0.272. The number of rotatable bonds is 6. The third-order valence-corrected chi connectivity index (χ3v) is 4.95. The largest absolute Gasteiger partial charge is 0.446 e. The summed E-state index contributed by atoms with van der Waals surface area (Å²) in [6.45, 7) is 3.72. The van der Waals surface area contributed by atoms with Gasteiger partial charge < -0.3 is 0 Å². The van der Waals surface area contributed by atoms with Crippen molar-refractivity contribution in [3.63, 3.8) is 0 Å². The smallest absolute Gasteiger partial charge is 0.208 e. The molecule has 0 radical (unpaired) electrons. The van der Waals surface area contributed by atoms with Crippen LogP contribution in [0.4, 0.5) is 13.2 Å². The van der Waals surface area contributed by atoms with Crippen molar-refractivity contribution in [2.45, 2.75) is 48.0 Å². The van der Waals surface area contributed by atoms with Gasteiger partial charge in [-0.2, -0.15) is 13.2 Å². The summed E-state index contributed by atoms with van der Waals surface area (Å²) in [5.41, 5.74) is -4.38. The molecule has 0 fully saturated rings. The highest BCUT2D eigenvalue weighted by Crippen LogP contribution is 2.36. The van der Waals surface area contributed by atoms with Crippen molar-refractivity contribution in [1.82, 2.24) is 4.72 Å². The number of alkyl halides is 3. The molecule has 0 saturated carbocycles. The fraction of sp³-hybridized carbons (Fsp3) is 0.500. The standard InChI is InChI=1S/C12H16F3NO2S2/c1-3-9(4-2)16-20(17,18)11-7-5-10(6-8-11)19-12(13,14)15/h5-9,16H,3-4H2,1-2H3. The molecule has 0 bridgehead atoms. The lowest BCUT2D eigenvalue weighted by molar-refractivity contribution is -0.0328. The molecule has 0 aliphatic carbocycles. The molecule has 1 rings (SSSR count). The van der Waals surface area contributed by atoms with Crippen LogP contribution in [0.25, 0.3) is 0 Å². The van der Waals surface area contributed by atoms with Gasteiger partial charge in [0.15, 0.2) is 0 Å². The summed E-state index contributed by atoms with van der Waals surface area (Å²) in [5.74, 6) is 0. The van der Waals surface area contributed by atoms with Crippen LogP contribution >= 0.6 is 11.8 Å². The van der Waals surface area contributed by atoms with Crippen molar-refractivity contribution in [3.8, 4) is 0 Å². The molecular weight excluding hydrogens is 311 g/mol. The first-order chi connectivity index (χ1) is 9.18. The predicted octanol–water partition coefficient (Wildman–Crippen LogP) is 3.77. The molecule has 8 heteroatoms. The summed E-state index contributed by atoms with van der Waals surface area (Å²) in [6, 6.07) is 4.49. The van der Waals surface area contributed by atoms with Crippen LogP contribution in [-0.2, 0) is 10.0 Å². The summed E-state index contributed by atoms with van der Waals surface area (Å²) in [4.78, 5) is -0.0742. The van der Waals surface area contributed by atoms with Gasteiger partial charge in [-0.05, 0) is 48.9 Å². The van der Waals surface area contributed by atoms with Gasteiger partial charge in [0.2, 0.25) is 10.0 Å². The zero-order chi connectivity index (χ0) is 15.4. The van der Waals surface area contributed by atoms with E-state index in [0.29, 0.717) is 12.8 Å². The van der Waals surface area contributed by atoms with E-state index in [1.807, 2.05) is 13.8 Å². The molecule has 1 N–H and O–H groups in total. The molecule has 1 aromatic carbocycles. The fourth-order valence-electron chi connectivity index (χ4n) is 1.56. The monoisotopic (exact) mass is 327 g/mol. The maximum absolute atomic E-state index is 12.2. The fourth-order valence-corrected chi connectivity index (χ4v) is 3.51. The normalized spacial score (nSPS) is 12.9. The zero-order valence-corrected chi connectivity index (χ0v) is 12.7. The van der Waals surface area contributed by atoms with Gasteiger partial charge in [-0.25, -0.2) is 13.1 Å². The summed E-state index contributed by atoms with van der Waals surface area (Å²) in [7, 11) is -3.68. The Balaban J connectivity index is 2.87. The van der Waals surface area contributed by atoms with Crippen LogP contribution in [0.2, 0.25) is 0 Å². The molecule has 0 unspecified atom stereocenters. The Morgan fingerprint density at radius 3 is 2.05 bits per heavy atom. The average Bonchev–Trinajstić information content (AvgIpc) is 2.34. The Morgan fingerprint density at radius 2 is 1.65 bits per heavy atom. The highest BCUT2D eigenvalue weighted by Gasteiger charge is 2.29. The Bertz CT molecular complexity index is 523. The quantitative estimate of drug-likeness (QED) is 0.809. The van der Waals surface area contributed by atoms with Crippen LogP contribution in [0, 0.1) is 0 Å². The van der Waals surface area contributed by atoms with Gasteiger partial charge in [-0.1, -0.05) is 13.8 Å². The number of nitrogens with one attached hydrogen (secondary N) is 1. The highest BCUT2D eigenvalue weighted by atomic mass is 32.2. The van der Waals surface area contributed by atoms with Gasteiger partial charge in [0.05, 0.1) is 4.90 Å². The molecule has 1 aromatic rings. The van der Waals surface area contributed by atoms with Gasteiger partial charge >= 0.3 is 5.51 Å². The molecule has 0 aliphatic heterocycles. The number of benzene rings is 1. The van der Waals surface area contributed by atoms with Crippen LogP contribution in [0.3, 0.4) is 0 Å². The highest BCUT2D eigenvalue weighted by molar-refractivity contribution is 8.00. The second-order valence-corrected chi connectivity index (χ2v) is 7.01.